The average Bonchev–Trinajstić information content (AvgIpc) is 2.90. The SMILES string of the molecule is C[C@@H]1CN(CCSc2ccccc2)C[C@H]1N1CCOCC1. The van der Waals surface area contributed by atoms with Gasteiger partial charge in [0.1, 0.15) is 0 Å². The fraction of sp³-hybridized carbons (Fsp3) is 0.647. The maximum Gasteiger partial charge on any atom is 0.0594 e. The topological polar surface area (TPSA) is 15.7 Å². The molecule has 0 N–H and O–H groups in total. The van der Waals surface area contributed by atoms with Crippen molar-refractivity contribution in [3.8, 4) is 0 Å². The Morgan fingerprint density at radius 1 is 1.14 bits per heavy atom. The minimum absolute atomic E-state index is 0.732. The van der Waals surface area contributed by atoms with E-state index < -0.39 is 0 Å². The Labute approximate surface area is 132 Å². The van der Waals surface area contributed by atoms with Gasteiger partial charge in [-0.25, -0.2) is 0 Å². The van der Waals surface area contributed by atoms with Crippen molar-refractivity contribution in [3.05, 3.63) is 30.3 Å². The van der Waals surface area contributed by atoms with Gasteiger partial charge in [0, 0.05) is 49.4 Å². The minimum atomic E-state index is 0.732. The Bertz CT molecular complexity index is 422. The van der Waals surface area contributed by atoms with Gasteiger partial charge in [0.05, 0.1) is 13.2 Å². The fourth-order valence-electron chi connectivity index (χ4n) is 3.42. The summed E-state index contributed by atoms with van der Waals surface area (Å²) < 4.78 is 5.48. The van der Waals surface area contributed by atoms with E-state index in [2.05, 4.69) is 47.1 Å². The molecule has 21 heavy (non-hydrogen) atoms. The van der Waals surface area contributed by atoms with Crippen LogP contribution in [0, 0.1) is 5.92 Å². The largest absolute Gasteiger partial charge is 0.379 e. The van der Waals surface area contributed by atoms with E-state index in [1.54, 1.807) is 0 Å². The fourth-order valence-corrected chi connectivity index (χ4v) is 4.36. The quantitative estimate of drug-likeness (QED) is 0.776. The van der Waals surface area contributed by atoms with Gasteiger partial charge in [-0.05, 0) is 18.1 Å². The Morgan fingerprint density at radius 3 is 2.67 bits per heavy atom. The molecule has 0 bridgehead atoms. The monoisotopic (exact) mass is 306 g/mol. The van der Waals surface area contributed by atoms with Crippen LogP contribution in [0.2, 0.25) is 0 Å². The van der Waals surface area contributed by atoms with Crippen molar-refractivity contribution >= 4 is 11.8 Å². The van der Waals surface area contributed by atoms with Crippen LogP contribution in [0.25, 0.3) is 0 Å². The first kappa shape index (κ1) is 15.3. The summed E-state index contributed by atoms with van der Waals surface area (Å²) in [5.74, 6) is 1.97. The van der Waals surface area contributed by atoms with Gasteiger partial charge < -0.3 is 9.64 Å². The summed E-state index contributed by atoms with van der Waals surface area (Å²) in [5, 5.41) is 0. The van der Waals surface area contributed by atoms with Crippen molar-refractivity contribution < 1.29 is 4.74 Å². The number of morpholine rings is 1. The molecule has 0 spiro atoms. The van der Waals surface area contributed by atoms with E-state index in [1.807, 2.05) is 11.8 Å². The van der Waals surface area contributed by atoms with Crippen molar-refractivity contribution in [2.75, 3.05) is 51.7 Å². The molecule has 2 saturated heterocycles. The zero-order chi connectivity index (χ0) is 14.5. The predicted molar refractivity (Wildman–Crippen MR) is 89.0 cm³/mol. The number of thioether (sulfide) groups is 1. The molecule has 4 heteroatoms. The van der Waals surface area contributed by atoms with Gasteiger partial charge in [0.15, 0.2) is 0 Å². The number of rotatable bonds is 5. The molecule has 2 aliphatic heterocycles. The van der Waals surface area contributed by atoms with E-state index in [0.717, 1.165) is 38.3 Å². The molecule has 2 aliphatic rings. The van der Waals surface area contributed by atoms with Crippen LogP contribution in [0.15, 0.2) is 35.2 Å². The normalized spacial score (nSPS) is 28.0. The molecule has 0 amide bonds. The Kier molecular flexibility index (Phi) is 5.58. The number of hydrogen-bond acceptors (Lipinski definition) is 4. The van der Waals surface area contributed by atoms with Crippen LogP contribution in [0.4, 0.5) is 0 Å². The smallest absolute Gasteiger partial charge is 0.0594 e. The Balaban J connectivity index is 1.43. The van der Waals surface area contributed by atoms with E-state index in [-0.39, 0.29) is 0 Å². The first-order chi connectivity index (χ1) is 10.3. The molecular weight excluding hydrogens is 280 g/mol. The highest BCUT2D eigenvalue weighted by atomic mass is 32.2. The zero-order valence-corrected chi connectivity index (χ0v) is 13.7. The van der Waals surface area contributed by atoms with Gasteiger partial charge in [-0.3, -0.25) is 4.90 Å². The molecule has 3 nitrogen and oxygen atoms in total. The number of ether oxygens (including phenoxy) is 1. The van der Waals surface area contributed by atoms with Crippen molar-refractivity contribution in [1.29, 1.82) is 0 Å². The summed E-state index contributed by atoms with van der Waals surface area (Å²) in [4.78, 5) is 6.66. The molecular formula is C17H26N2OS. The van der Waals surface area contributed by atoms with Crippen LogP contribution >= 0.6 is 11.8 Å². The summed E-state index contributed by atoms with van der Waals surface area (Å²) in [6.45, 7) is 10.1. The van der Waals surface area contributed by atoms with E-state index in [9.17, 15) is 0 Å². The van der Waals surface area contributed by atoms with Crippen LogP contribution in [0.1, 0.15) is 6.92 Å². The lowest BCUT2D eigenvalue weighted by molar-refractivity contribution is 0.0119. The van der Waals surface area contributed by atoms with Crippen LogP contribution in [-0.2, 0) is 4.74 Å². The van der Waals surface area contributed by atoms with Crippen LogP contribution in [0.5, 0.6) is 0 Å². The maximum atomic E-state index is 5.48. The zero-order valence-electron chi connectivity index (χ0n) is 12.9. The molecule has 0 saturated carbocycles. The third-order valence-corrected chi connectivity index (χ3v) is 5.57. The van der Waals surface area contributed by atoms with E-state index >= 15 is 0 Å². The van der Waals surface area contributed by atoms with Gasteiger partial charge in [-0.2, -0.15) is 0 Å². The lowest BCUT2D eigenvalue weighted by atomic mass is 10.0. The van der Waals surface area contributed by atoms with E-state index in [4.69, 9.17) is 4.74 Å². The summed E-state index contributed by atoms with van der Waals surface area (Å²) in [6.07, 6.45) is 0. The second-order valence-electron chi connectivity index (χ2n) is 6.11. The number of likely N-dealkylation sites (tertiary alicyclic amines) is 1. The highest BCUT2D eigenvalue weighted by molar-refractivity contribution is 7.99. The van der Waals surface area contributed by atoms with Crippen molar-refractivity contribution in [2.45, 2.75) is 17.9 Å². The summed E-state index contributed by atoms with van der Waals surface area (Å²) in [5.41, 5.74) is 0. The maximum absolute atomic E-state index is 5.48. The van der Waals surface area contributed by atoms with Crippen LogP contribution in [-0.4, -0.2) is 67.5 Å². The second kappa shape index (κ2) is 7.63. The predicted octanol–water partition coefficient (Wildman–Crippen LogP) is 2.43. The third kappa shape index (κ3) is 4.22. The van der Waals surface area contributed by atoms with Gasteiger partial charge in [0.25, 0.3) is 0 Å². The second-order valence-corrected chi connectivity index (χ2v) is 7.28. The van der Waals surface area contributed by atoms with E-state index in [0.29, 0.717) is 0 Å². The summed E-state index contributed by atoms with van der Waals surface area (Å²) >= 11 is 1.97. The van der Waals surface area contributed by atoms with Gasteiger partial charge in [-0.1, -0.05) is 25.1 Å². The molecule has 3 rings (SSSR count). The molecule has 0 aromatic heterocycles. The summed E-state index contributed by atoms with van der Waals surface area (Å²) in [6, 6.07) is 11.5. The number of nitrogens with zero attached hydrogens (tertiary/aromatic N) is 2. The Morgan fingerprint density at radius 2 is 1.90 bits per heavy atom. The Hall–Kier alpha value is -0.550. The average molecular weight is 306 g/mol. The highest BCUT2D eigenvalue weighted by Crippen LogP contribution is 2.24. The van der Waals surface area contributed by atoms with Crippen LogP contribution < -0.4 is 0 Å². The van der Waals surface area contributed by atoms with E-state index in [1.165, 1.54) is 30.3 Å². The first-order valence-electron chi connectivity index (χ1n) is 8.05. The van der Waals surface area contributed by atoms with Gasteiger partial charge in [0.2, 0.25) is 0 Å². The molecule has 1 aromatic rings. The summed E-state index contributed by atoms with van der Waals surface area (Å²) in [7, 11) is 0. The highest BCUT2D eigenvalue weighted by Gasteiger charge is 2.34. The number of benzene rings is 1. The van der Waals surface area contributed by atoms with Crippen molar-refractivity contribution in [2.24, 2.45) is 5.92 Å². The van der Waals surface area contributed by atoms with Gasteiger partial charge >= 0.3 is 0 Å². The van der Waals surface area contributed by atoms with Crippen LogP contribution in [0.3, 0.4) is 0 Å². The molecule has 0 radical (unpaired) electrons. The van der Waals surface area contributed by atoms with Crippen molar-refractivity contribution in [3.63, 3.8) is 0 Å². The molecule has 2 atom stereocenters. The van der Waals surface area contributed by atoms with Gasteiger partial charge in [-0.15, -0.1) is 11.8 Å². The molecule has 2 fully saturated rings. The molecule has 0 unspecified atom stereocenters. The van der Waals surface area contributed by atoms with Crippen molar-refractivity contribution in [1.82, 2.24) is 9.80 Å². The molecule has 2 heterocycles. The lowest BCUT2D eigenvalue weighted by Gasteiger charge is -2.34. The molecule has 0 aliphatic carbocycles. The minimum Gasteiger partial charge on any atom is -0.379 e. The number of hydrogen-bond donors (Lipinski definition) is 0. The lowest BCUT2D eigenvalue weighted by Crippen LogP contribution is -2.46. The third-order valence-electron chi connectivity index (χ3n) is 4.58. The standard InChI is InChI=1S/C17H26N2OS/c1-15-13-18(9-12-21-16-5-3-2-4-6-16)14-17(15)19-7-10-20-11-8-19/h2-6,15,17H,7-14H2,1H3/t15-,17-/m1/s1. The first-order valence-corrected chi connectivity index (χ1v) is 9.03. The molecule has 116 valence electrons. The molecule has 1 aromatic carbocycles.